The first-order chi connectivity index (χ1) is 16.0. The summed E-state index contributed by atoms with van der Waals surface area (Å²) in [5.41, 5.74) is 9.08. The summed E-state index contributed by atoms with van der Waals surface area (Å²) in [4.78, 5) is 14.2. The van der Waals surface area contributed by atoms with E-state index in [1.807, 2.05) is 24.3 Å². The van der Waals surface area contributed by atoms with Crippen LogP contribution in [0.5, 0.6) is 11.5 Å². The molecule has 1 saturated carbocycles. The normalized spacial score (nSPS) is 15.0. The largest absolute Gasteiger partial charge is 0.493 e. The van der Waals surface area contributed by atoms with Crippen LogP contribution in [0.25, 0.3) is 17.0 Å². The molecule has 0 unspecified atom stereocenters. The molecule has 33 heavy (non-hydrogen) atoms. The minimum absolute atomic E-state index is 0.0974. The molecule has 2 heterocycles. The van der Waals surface area contributed by atoms with Gasteiger partial charge >= 0.3 is 0 Å². The Bertz CT molecular complexity index is 1230. The topological polar surface area (TPSA) is 77.9 Å². The third-order valence-corrected chi connectivity index (χ3v) is 6.41. The van der Waals surface area contributed by atoms with Gasteiger partial charge in [-0.25, -0.2) is 4.39 Å². The summed E-state index contributed by atoms with van der Waals surface area (Å²) in [6.45, 7) is 2.01. The Hall–Kier alpha value is -3.48. The summed E-state index contributed by atoms with van der Waals surface area (Å²) in [6, 6.07) is 8.56. The van der Waals surface area contributed by atoms with Gasteiger partial charge in [0.25, 0.3) is 0 Å². The number of carbonyl (C=O) groups is 1. The highest BCUT2D eigenvalue weighted by molar-refractivity contribution is 5.98. The second-order valence-electron chi connectivity index (χ2n) is 8.72. The smallest absolute Gasteiger partial charge is 0.249 e. The molecule has 0 atom stereocenters. The number of aryl methyl sites for hydroxylation is 1. The fourth-order valence-electron chi connectivity index (χ4n) is 4.48. The molecular weight excluding hydrogens is 423 g/mol. The Labute approximate surface area is 191 Å². The van der Waals surface area contributed by atoms with Crippen molar-refractivity contribution in [2.24, 2.45) is 11.7 Å². The van der Waals surface area contributed by atoms with Gasteiger partial charge in [0.1, 0.15) is 6.61 Å². The summed E-state index contributed by atoms with van der Waals surface area (Å²) in [5.74, 6) is 0.411. The van der Waals surface area contributed by atoms with E-state index in [1.165, 1.54) is 25.0 Å². The molecule has 1 amide bonds. The van der Waals surface area contributed by atoms with Crippen molar-refractivity contribution in [1.82, 2.24) is 4.90 Å². The molecule has 6 nitrogen and oxygen atoms in total. The quantitative estimate of drug-likeness (QED) is 0.509. The van der Waals surface area contributed by atoms with Crippen molar-refractivity contribution >= 4 is 23.0 Å². The molecule has 1 aliphatic carbocycles. The van der Waals surface area contributed by atoms with Crippen molar-refractivity contribution in [3.8, 4) is 11.5 Å². The summed E-state index contributed by atoms with van der Waals surface area (Å²) in [7, 11) is 1.64. The van der Waals surface area contributed by atoms with Crippen molar-refractivity contribution in [3.05, 3.63) is 64.8 Å². The van der Waals surface area contributed by atoms with E-state index in [4.69, 9.17) is 19.6 Å². The summed E-state index contributed by atoms with van der Waals surface area (Å²) >= 11 is 0. The molecule has 7 heteroatoms. The van der Waals surface area contributed by atoms with Crippen LogP contribution in [0.2, 0.25) is 0 Å². The average molecular weight is 451 g/mol. The maximum atomic E-state index is 14.3. The second kappa shape index (κ2) is 8.81. The van der Waals surface area contributed by atoms with Crippen LogP contribution in [0, 0.1) is 11.7 Å². The molecule has 5 rings (SSSR count). The number of halogens is 1. The van der Waals surface area contributed by atoms with E-state index < -0.39 is 11.7 Å². The van der Waals surface area contributed by atoms with E-state index >= 15 is 0 Å². The van der Waals surface area contributed by atoms with Crippen LogP contribution in [-0.2, 0) is 6.42 Å². The predicted octanol–water partition coefficient (Wildman–Crippen LogP) is 4.76. The number of benzene rings is 2. The fraction of sp³-hybridized carbons (Fsp3) is 0.346. The van der Waals surface area contributed by atoms with E-state index in [1.54, 1.807) is 13.4 Å². The molecule has 3 aromatic rings. The number of nitrogens with two attached hydrogens (primary N) is 1. The Kier molecular flexibility index (Phi) is 5.70. The third-order valence-electron chi connectivity index (χ3n) is 6.41. The number of furan rings is 1. The van der Waals surface area contributed by atoms with Crippen LogP contribution in [-0.4, -0.2) is 37.6 Å². The zero-order valence-corrected chi connectivity index (χ0v) is 18.6. The predicted molar refractivity (Wildman–Crippen MR) is 124 cm³/mol. The maximum absolute atomic E-state index is 14.3. The first-order valence-electron chi connectivity index (χ1n) is 11.3. The minimum atomic E-state index is -0.594. The molecule has 0 radical (unpaired) electrons. The van der Waals surface area contributed by atoms with E-state index in [-0.39, 0.29) is 17.9 Å². The average Bonchev–Trinajstić information content (AvgIpc) is 3.55. The number of ether oxygens (including phenoxy) is 2. The molecule has 1 aliphatic heterocycles. The van der Waals surface area contributed by atoms with Crippen LogP contribution in [0.3, 0.4) is 0 Å². The first kappa shape index (κ1) is 21.4. The molecule has 0 saturated heterocycles. The zero-order chi connectivity index (χ0) is 22.9. The van der Waals surface area contributed by atoms with Gasteiger partial charge in [-0.2, -0.15) is 0 Å². The van der Waals surface area contributed by atoms with Gasteiger partial charge < -0.3 is 24.5 Å². The van der Waals surface area contributed by atoms with Crippen molar-refractivity contribution in [2.45, 2.75) is 25.7 Å². The third kappa shape index (κ3) is 4.27. The number of nitrogens with zero attached hydrogens (tertiary/aromatic N) is 1. The lowest BCUT2D eigenvalue weighted by Crippen LogP contribution is -2.31. The van der Waals surface area contributed by atoms with Crippen LogP contribution in [0.15, 0.2) is 46.7 Å². The number of primary amides is 1. The molecule has 1 fully saturated rings. The van der Waals surface area contributed by atoms with Crippen LogP contribution in [0.1, 0.15) is 40.7 Å². The molecule has 2 aromatic carbocycles. The molecule has 2 aliphatic rings. The fourth-order valence-corrected chi connectivity index (χ4v) is 4.48. The Balaban J connectivity index is 1.35. The van der Waals surface area contributed by atoms with E-state index in [0.717, 1.165) is 53.9 Å². The SMILES string of the molecule is COc1cccc2c(CCCN(CC3CC3)C3=Cc4c(C(N)=O)ccc(F)c4OC3)coc12. The van der Waals surface area contributed by atoms with E-state index in [0.29, 0.717) is 11.5 Å². The van der Waals surface area contributed by atoms with Gasteiger partial charge in [-0.15, -0.1) is 0 Å². The van der Waals surface area contributed by atoms with Gasteiger partial charge in [-0.05, 0) is 61.4 Å². The number of carbonyl (C=O) groups excluding carboxylic acids is 1. The molecular formula is C26H27FN2O4. The lowest BCUT2D eigenvalue weighted by atomic mass is 10.0. The highest BCUT2D eigenvalue weighted by atomic mass is 19.1. The molecule has 2 N–H and O–H groups in total. The summed E-state index contributed by atoms with van der Waals surface area (Å²) in [6.07, 6.45) is 7.87. The highest BCUT2D eigenvalue weighted by Crippen LogP contribution is 2.36. The van der Waals surface area contributed by atoms with Gasteiger partial charge in [-0.3, -0.25) is 4.79 Å². The maximum Gasteiger partial charge on any atom is 0.249 e. The van der Waals surface area contributed by atoms with Gasteiger partial charge in [0, 0.05) is 24.0 Å². The van der Waals surface area contributed by atoms with Crippen LogP contribution in [0.4, 0.5) is 4.39 Å². The minimum Gasteiger partial charge on any atom is -0.493 e. The zero-order valence-electron chi connectivity index (χ0n) is 18.6. The monoisotopic (exact) mass is 450 g/mol. The molecule has 0 spiro atoms. The van der Waals surface area contributed by atoms with Crippen LogP contribution < -0.4 is 15.2 Å². The lowest BCUT2D eigenvalue weighted by molar-refractivity contribution is 0.0999. The summed E-state index contributed by atoms with van der Waals surface area (Å²) in [5, 5.41) is 1.07. The number of methoxy groups -OCH3 is 1. The standard InChI is InChI=1S/C26H27FN2O4/c1-31-23-6-2-5-19-17(14-32-25(19)23)4-3-11-29(13-16-7-8-16)18-12-21-20(26(28)30)9-10-22(27)24(21)33-15-18/h2,5-6,9-10,12,14,16H,3-4,7-8,11,13,15H2,1H3,(H2,28,30). The van der Waals surface area contributed by atoms with Gasteiger partial charge in [0.05, 0.1) is 24.6 Å². The first-order valence-corrected chi connectivity index (χ1v) is 11.3. The van der Waals surface area contributed by atoms with E-state index in [9.17, 15) is 9.18 Å². The van der Waals surface area contributed by atoms with E-state index in [2.05, 4.69) is 4.90 Å². The Morgan fingerprint density at radius 3 is 2.88 bits per heavy atom. The number of hydrogen-bond donors (Lipinski definition) is 1. The van der Waals surface area contributed by atoms with Crippen molar-refractivity contribution in [1.29, 1.82) is 0 Å². The number of para-hydroxylation sites is 1. The Morgan fingerprint density at radius 1 is 1.27 bits per heavy atom. The van der Waals surface area contributed by atoms with Crippen molar-refractivity contribution in [3.63, 3.8) is 0 Å². The summed E-state index contributed by atoms with van der Waals surface area (Å²) < 4.78 is 31.2. The number of fused-ring (bicyclic) bond motifs is 2. The molecule has 0 bridgehead atoms. The number of hydrogen-bond acceptors (Lipinski definition) is 5. The molecule has 172 valence electrons. The number of rotatable bonds is 9. The van der Waals surface area contributed by atoms with Gasteiger partial charge in [-0.1, -0.05) is 12.1 Å². The Morgan fingerprint density at radius 2 is 2.12 bits per heavy atom. The lowest BCUT2D eigenvalue weighted by Gasteiger charge is -2.31. The number of amides is 1. The van der Waals surface area contributed by atoms with Gasteiger partial charge in [0.2, 0.25) is 5.91 Å². The molecule has 1 aromatic heterocycles. The second-order valence-corrected chi connectivity index (χ2v) is 8.72. The van der Waals surface area contributed by atoms with Gasteiger partial charge in [0.15, 0.2) is 22.9 Å². The van der Waals surface area contributed by atoms with Crippen molar-refractivity contribution in [2.75, 3.05) is 26.8 Å². The van der Waals surface area contributed by atoms with Crippen LogP contribution >= 0.6 is 0 Å². The highest BCUT2D eigenvalue weighted by Gasteiger charge is 2.28. The van der Waals surface area contributed by atoms with Crippen molar-refractivity contribution < 1.29 is 23.1 Å².